The Kier molecular flexibility index (Phi) is 4.55. The third kappa shape index (κ3) is 4.84. The summed E-state index contributed by atoms with van der Waals surface area (Å²) in [5.41, 5.74) is 1.49. The van der Waals surface area contributed by atoms with Crippen molar-refractivity contribution in [2.24, 2.45) is 0 Å². The van der Waals surface area contributed by atoms with E-state index in [1.807, 2.05) is 40.7 Å². The largest absolute Gasteiger partial charge is 0.475 e. The Hall–Kier alpha value is -1.89. The van der Waals surface area contributed by atoms with Crippen LogP contribution in [0, 0.1) is 0 Å². The molecule has 2 heterocycles. The summed E-state index contributed by atoms with van der Waals surface area (Å²) in [7, 11) is 0. The first kappa shape index (κ1) is 16.5. The van der Waals surface area contributed by atoms with Crippen LogP contribution in [0.1, 0.15) is 34.6 Å². The molecule has 120 valence electrons. The minimum Gasteiger partial charge on any atom is -0.475 e. The Morgan fingerprint density at radius 1 is 1.27 bits per heavy atom. The van der Waals surface area contributed by atoms with E-state index >= 15 is 0 Å². The molecule has 0 saturated heterocycles. The molecular formula is C15H21N3O3S. The van der Waals surface area contributed by atoms with E-state index in [4.69, 9.17) is 9.47 Å². The summed E-state index contributed by atoms with van der Waals surface area (Å²) in [6, 6.07) is 3.63. The van der Waals surface area contributed by atoms with E-state index in [0.29, 0.717) is 5.88 Å². The van der Waals surface area contributed by atoms with Crippen LogP contribution >= 0.6 is 11.3 Å². The van der Waals surface area contributed by atoms with Crippen molar-refractivity contribution in [1.29, 1.82) is 0 Å². The Labute approximate surface area is 133 Å². The highest BCUT2D eigenvalue weighted by Crippen LogP contribution is 2.19. The highest BCUT2D eigenvalue weighted by Gasteiger charge is 2.25. The molecule has 0 spiro atoms. The van der Waals surface area contributed by atoms with Gasteiger partial charge in [0.25, 0.3) is 0 Å². The van der Waals surface area contributed by atoms with Crippen molar-refractivity contribution >= 4 is 27.8 Å². The Balaban J connectivity index is 1.92. The molecular weight excluding hydrogens is 302 g/mol. The standard InChI is InChI=1S/C15H21N3O3S/c1-14(2,3)21-13(19)18-15(4,5)8-20-11-7-6-10-12(17-11)22-9-16-10/h6-7,9H,8H2,1-5H3,(H,18,19). The van der Waals surface area contributed by atoms with Crippen LogP contribution in [0.4, 0.5) is 4.79 Å². The number of rotatable bonds is 4. The third-order valence-electron chi connectivity index (χ3n) is 2.59. The van der Waals surface area contributed by atoms with Crippen molar-refractivity contribution in [3.05, 3.63) is 17.6 Å². The minimum atomic E-state index is -0.577. The number of carbonyl (C=O) groups is 1. The van der Waals surface area contributed by atoms with Gasteiger partial charge in [-0.3, -0.25) is 0 Å². The van der Waals surface area contributed by atoms with Gasteiger partial charge >= 0.3 is 6.09 Å². The molecule has 2 rings (SSSR count). The van der Waals surface area contributed by atoms with Gasteiger partial charge in [-0.25, -0.2) is 14.8 Å². The topological polar surface area (TPSA) is 73.3 Å². The summed E-state index contributed by atoms with van der Waals surface area (Å²) in [5, 5.41) is 2.79. The zero-order valence-electron chi connectivity index (χ0n) is 13.5. The summed E-state index contributed by atoms with van der Waals surface area (Å²) < 4.78 is 10.9. The van der Waals surface area contributed by atoms with E-state index in [9.17, 15) is 4.79 Å². The average Bonchev–Trinajstić information content (AvgIpc) is 2.80. The average molecular weight is 323 g/mol. The lowest BCUT2D eigenvalue weighted by Gasteiger charge is -2.28. The zero-order valence-corrected chi connectivity index (χ0v) is 14.3. The second-order valence-electron chi connectivity index (χ2n) is 6.63. The number of amides is 1. The van der Waals surface area contributed by atoms with E-state index in [-0.39, 0.29) is 6.61 Å². The molecule has 0 fully saturated rings. The van der Waals surface area contributed by atoms with E-state index in [1.54, 1.807) is 11.6 Å². The minimum absolute atomic E-state index is 0.281. The first-order valence-electron chi connectivity index (χ1n) is 6.99. The smallest absolute Gasteiger partial charge is 0.408 e. The van der Waals surface area contributed by atoms with Crippen molar-refractivity contribution in [2.45, 2.75) is 45.8 Å². The van der Waals surface area contributed by atoms with Crippen molar-refractivity contribution < 1.29 is 14.3 Å². The lowest BCUT2D eigenvalue weighted by Crippen LogP contribution is -2.49. The van der Waals surface area contributed by atoms with Crippen LogP contribution in [0.5, 0.6) is 5.88 Å². The van der Waals surface area contributed by atoms with Crippen LogP contribution in [0.25, 0.3) is 10.3 Å². The molecule has 2 aromatic rings. The molecule has 0 aromatic carbocycles. The van der Waals surface area contributed by atoms with Gasteiger partial charge in [-0.2, -0.15) is 0 Å². The van der Waals surface area contributed by atoms with Gasteiger partial charge in [0.15, 0.2) is 0 Å². The maximum absolute atomic E-state index is 11.8. The molecule has 0 aliphatic heterocycles. The molecule has 0 aliphatic carbocycles. The quantitative estimate of drug-likeness (QED) is 0.934. The Morgan fingerprint density at radius 3 is 2.68 bits per heavy atom. The fourth-order valence-corrected chi connectivity index (χ4v) is 2.34. The van der Waals surface area contributed by atoms with E-state index in [0.717, 1.165) is 10.3 Å². The summed E-state index contributed by atoms with van der Waals surface area (Å²) in [6.45, 7) is 9.48. The monoisotopic (exact) mass is 323 g/mol. The number of nitrogens with zero attached hydrogens (tertiary/aromatic N) is 2. The number of fused-ring (bicyclic) bond motifs is 1. The van der Waals surface area contributed by atoms with E-state index in [2.05, 4.69) is 15.3 Å². The number of pyridine rings is 1. The Bertz CT molecular complexity index is 661. The van der Waals surface area contributed by atoms with Gasteiger partial charge in [-0.1, -0.05) is 0 Å². The van der Waals surface area contributed by atoms with Crippen molar-refractivity contribution in [1.82, 2.24) is 15.3 Å². The lowest BCUT2D eigenvalue weighted by molar-refractivity contribution is 0.0440. The lowest BCUT2D eigenvalue weighted by atomic mass is 10.1. The van der Waals surface area contributed by atoms with Crippen LogP contribution in [0.15, 0.2) is 17.6 Å². The van der Waals surface area contributed by atoms with Crippen LogP contribution < -0.4 is 10.1 Å². The molecule has 0 atom stereocenters. The maximum Gasteiger partial charge on any atom is 0.408 e. The first-order valence-corrected chi connectivity index (χ1v) is 7.87. The maximum atomic E-state index is 11.8. The zero-order chi connectivity index (χ0) is 16.4. The second-order valence-corrected chi connectivity index (χ2v) is 7.46. The molecule has 1 N–H and O–H groups in total. The second kappa shape index (κ2) is 6.08. The summed E-state index contributed by atoms with van der Waals surface area (Å²) in [5.74, 6) is 0.510. The highest BCUT2D eigenvalue weighted by atomic mass is 32.1. The highest BCUT2D eigenvalue weighted by molar-refractivity contribution is 7.16. The van der Waals surface area contributed by atoms with Gasteiger partial charge in [-0.05, 0) is 40.7 Å². The number of ether oxygens (including phenoxy) is 2. The van der Waals surface area contributed by atoms with Gasteiger partial charge in [0.1, 0.15) is 22.6 Å². The van der Waals surface area contributed by atoms with Crippen molar-refractivity contribution in [3.63, 3.8) is 0 Å². The van der Waals surface area contributed by atoms with Gasteiger partial charge in [0.05, 0.1) is 11.0 Å². The molecule has 0 radical (unpaired) electrons. The summed E-state index contributed by atoms with van der Waals surface area (Å²) in [6.07, 6.45) is -0.466. The predicted octanol–water partition coefficient (Wildman–Crippen LogP) is 3.37. The fraction of sp³-hybridized carbons (Fsp3) is 0.533. The first-order chi connectivity index (χ1) is 10.1. The predicted molar refractivity (Wildman–Crippen MR) is 86.4 cm³/mol. The molecule has 0 aliphatic rings. The molecule has 6 nitrogen and oxygen atoms in total. The van der Waals surface area contributed by atoms with E-state index < -0.39 is 17.2 Å². The molecule has 1 amide bonds. The van der Waals surface area contributed by atoms with Crippen molar-refractivity contribution in [2.75, 3.05) is 6.61 Å². The Morgan fingerprint density at radius 2 is 2.00 bits per heavy atom. The third-order valence-corrected chi connectivity index (χ3v) is 3.33. The number of alkyl carbamates (subject to hydrolysis) is 1. The SMILES string of the molecule is CC(C)(COc1ccc2ncsc2n1)NC(=O)OC(C)(C)C. The molecule has 22 heavy (non-hydrogen) atoms. The summed E-state index contributed by atoms with van der Waals surface area (Å²) in [4.78, 5) is 21.2. The molecule has 0 saturated carbocycles. The van der Waals surface area contributed by atoms with E-state index in [1.165, 1.54) is 11.3 Å². The summed E-state index contributed by atoms with van der Waals surface area (Å²) >= 11 is 1.46. The number of nitrogens with one attached hydrogen (secondary N) is 1. The van der Waals surface area contributed by atoms with Crippen LogP contribution in [-0.4, -0.2) is 33.8 Å². The number of thiazole rings is 1. The molecule has 0 unspecified atom stereocenters. The molecule has 0 bridgehead atoms. The van der Waals surface area contributed by atoms with Gasteiger partial charge in [-0.15, -0.1) is 11.3 Å². The van der Waals surface area contributed by atoms with Crippen LogP contribution in [0.2, 0.25) is 0 Å². The van der Waals surface area contributed by atoms with Crippen molar-refractivity contribution in [3.8, 4) is 5.88 Å². The van der Waals surface area contributed by atoms with Gasteiger partial charge < -0.3 is 14.8 Å². The van der Waals surface area contributed by atoms with Crippen LogP contribution in [-0.2, 0) is 4.74 Å². The number of carbonyl (C=O) groups excluding carboxylic acids is 1. The molecule has 7 heteroatoms. The van der Waals surface area contributed by atoms with Gasteiger partial charge in [0.2, 0.25) is 5.88 Å². The normalized spacial score (nSPS) is 12.2. The molecule has 2 aromatic heterocycles. The number of hydrogen-bond donors (Lipinski definition) is 1. The van der Waals surface area contributed by atoms with Crippen LogP contribution in [0.3, 0.4) is 0 Å². The number of aromatic nitrogens is 2. The van der Waals surface area contributed by atoms with Gasteiger partial charge in [0, 0.05) is 6.07 Å². The fourth-order valence-electron chi connectivity index (χ4n) is 1.68. The number of hydrogen-bond acceptors (Lipinski definition) is 6.